The molecule has 0 aliphatic carbocycles. The molecule has 0 saturated heterocycles. The Bertz CT molecular complexity index is 1420. The van der Waals surface area contributed by atoms with Crippen LogP contribution in [0.1, 0.15) is 15.9 Å². The van der Waals surface area contributed by atoms with Gasteiger partial charge in [-0.2, -0.15) is 0 Å². The van der Waals surface area contributed by atoms with Gasteiger partial charge in [-0.3, -0.25) is 19.4 Å². The van der Waals surface area contributed by atoms with Crippen molar-refractivity contribution in [2.75, 3.05) is 22.1 Å². The minimum absolute atomic E-state index is 0.0430. The van der Waals surface area contributed by atoms with Crippen LogP contribution in [0.2, 0.25) is 0 Å². The van der Waals surface area contributed by atoms with Gasteiger partial charge in [-0.05, 0) is 48.9 Å². The molecule has 0 spiro atoms. The second kappa shape index (κ2) is 9.38. The summed E-state index contributed by atoms with van der Waals surface area (Å²) in [5.74, 6) is -1.71. The predicted octanol–water partition coefficient (Wildman–Crippen LogP) is 3.39. The van der Waals surface area contributed by atoms with Crippen LogP contribution in [0.5, 0.6) is 0 Å². The number of nitrogens with zero attached hydrogens (tertiary/aromatic N) is 2. The summed E-state index contributed by atoms with van der Waals surface area (Å²) < 4.78 is 14.0. The maximum atomic E-state index is 13.0. The SMILES string of the molecule is Cc1ccc2nc(NC(=O)CSc3nc(N)c(NC(=O)c4ccc(F)cc4)c(=O)[nH]3)sc2c1. The Morgan fingerprint density at radius 2 is 1.91 bits per heavy atom. The molecule has 0 unspecified atom stereocenters. The van der Waals surface area contributed by atoms with Gasteiger partial charge in [-0.15, -0.1) is 0 Å². The molecule has 0 fully saturated rings. The van der Waals surface area contributed by atoms with Crippen molar-refractivity contribution < 1.29 is 14.0 Å². The van der Waals surface area contributed by atoms with Crippen LogP contribution in [0.3, 0.4) is 0 Å². The van der Waals surface area contributed by atoms with E-state index in [0.717, 1.165) is 39.7 Å². The maximum absolute atomic E-state index is 13.0. The van der Waals surface area contributed by atoms with Crippen LogP contribution >= 0.6 is 23.1 Å². The lowest BCUT2D eigenvalue weighted by Crippen LogP contribution is -2.23. The van der Waals surface area contributed by atoms with Crippen LogP contribution in [0.4, 0.5) is 21.0 Å². The van der Waals surface area contributed by atoms with Crippen LogP contribution in [-0.2, 0) is 4.79 Å². The smallest absolute Gasteiger partial charge is 0.277 e. The number of thioether (sulfide) groups is 1. The molecule has 0 atom stereocenters. The Kier molecular flexibility index (Phi) is 6.38. The number of aromatic amines is 1. The molecule has 0 aliphatic heterocycles. The van der Waals surface area contributed by atoms with Crippen LogP contribution in [0, 0.1) is 12.7 Å². The molecule has 4 aromatic rings. The van der Waals surface area contributed by atoms with Gasteiger partial charge in [0, 0.05) is 5.56 Å². The highest BCUT2D eigenvalue weighted by atomic mass is 32.2. The predicted molar refractivity (Wildman–Crippen MR) is 127 cm³/mol. The normalized spacial score (nSPS) is 10.8. The molecule has 0 radical (unpaired) electrons. The third kappa shape index (κ3) is 5.35. The topological polar surface area (TPSA) is 143 Å². The molecule has 2 amide bonds. The summed E-state index contributed by atoms with van der Waals surface area (Å²) in [4.78, 5) is 47.8. The van der Waals surface area contributed by atoms with Gasteiger partial charge in [0.25, 0.3) is 11.5 Å². The fourth-order valence-corrected chi connectivity index (χ4v) is 4.47. The summed E-state index contributed by atoms with van der Waals surface area (Å²) in [7, 11) is 0. The van der Waals surface area contributed by atoms with Crippen molar-refractivity contribution in [3.05, 3.63) is 69.8 Å². The summed E-state index contributed by atoms with van der Waals surface area (Å²) in [6.45, 7) is 1.98. The Morgan fingerprint density at radius 3 is 2.64 bits per heavy atom. The number of fused-ring (bicyclic) bond motifs is 1. The van der Waals surface area contributed by atoms with Gasteiger partial charge in [0.1, 0.15) is 11.5 Å². The highest BCUT2D eigenvalue weighted by molar-refractivity contribution is 7.99. The van der Waals surface area contributed by atoms with Gasteiger partial charge in [0.05, 0.1) is 16.0 Å². The molecule has 0 aliphatic rings. The number of hydrogen-bond donors (Lipinski definition) is 4. The number of H-pyrrole nitrogens is 1. The zero-order chi connectivity index (χ0) is 23.5. The maximum Gasteiger partial charge on any atom is 0.277 e. The number of nitrogen functional groups attached to an aromatic ring is 1. The number of benzene rings is 2. The minimum atomic E-state index is -0.678. The zero-order valence-corrected chi connectivity index (χ0v) is 18.8. The van der Waals surface area contributed by atoms with Gasteiger partial charge < -0.3 is 16.4 Å². The van der Waals surface area contributed by atoms with Crippen molar-refractivity contribution in [1.82, 2.24) is 15.0 Å². The molecule has 0 saturated carbocycles. The number of thiazole rings is 1. The quantitative estimate of drug-likeness (QED) is 0.243. The van der Waals surface area contributed by atoms with Crippen molar-refractivity contribution in [2.45, 2.75) is 12.1 Å². The first-order valence-electron chi connectivity index (χ1n) is 9.55. The van der Waals surface area contributed by atoms with Crippen LogP contribution < -0.4 is 21.9 Å². The Labute approximate surface area is 194 Å². The van der Waals surface area contributed by atoms with Gasteiger partial charge in [-0.25, -0.2) is 14.4 Å². The van der Waals surface area contributed by atoms with Gasteiger partial charge in [0.15, 0.2) is 16.1 Å². The molecule has 2 aromatic heterocycles. The molecular formula is C21H17FN6O3S2. The molecule has 9 nitrogen and oxygen atoms in total. The molecule has 4 rings (SSSR count). The van der Waals surface area contributed by atoms with Crippen LogP contribution in [0.25, 0.3) is 10.2 Å². The average Bonchev–Trinajstić information content (AvgIpc) is 3.16. The molecule has 168 valence electrons. The van der Waals surface area contributed by atoms with E-state index >= 15 is 0 Å². The van der Waals surface area contributed by atoms with Crippen molar-refractivity contribution >= 4 is 61.8 Å². The molecule has 0 bridgehead atoms. The largest absolute Gasteiger partial charge is 0.382 e. The number of nitrogens with one attached hydrogen (secondary N) is 3. The number of carbonyl (C=O) groups is 2. The van der Waals surface area contributed by atoms with E-state index < -0.39 is 17.3 Å². The average molecular weight is 485 g/mol. The summed E-state index contributed by atoms with van der Waals surface area (Å²) in [6.07, 6.45) is 0. The zero-order valence-electron chi connectivity index (χ0n) is 17.1. The van der Waals surface area contributed by atoms with Crippen molar-refractivity contribution in [3.63, 3.8) is 0 Å². The fourth-order valence-electron chi connectivity index (χ4n) is 2.82. The monoisotopic (exact) mass is 484 g/mol. The first kappa shape index (κ1) is 22.4. The number of amides is 2. The Morgan fingerprint density at radius 1 is 1.15 bits per heavy atom. The molecule has 2 heterocycles. The van der Waals surface area contributed by atoms with Crippen LogP contribution in [0.15, 0.2) is 52.4 Å². The number of carbonyl (C=O) groups excluding carboxylic acids is 2. The number of halogens is 1. The highest BCUT2D eigenvalue weighted by Crippen LogP contribution is 2.27. The van der Waals surface area contributed by atoms with E-state index in [4.69, 9.17) is 5.73 Å². The number of nitrogens with two attached hydrogens (primary N) is 1. The molecule has 5 N–H and O–H groups in total. The van der Waals surface area contributed by atoms with Gasteiger partial charge >= 0.3 is 0 Å². The van der Waals surface area contributed by atoms with Crippen molar-refractivity contribution in [2.24, 2.45) is 0 Å². The lowest BCUT2D eigenvalue weighted by Gasteiger charge is -2.08. The summed E-state index contributed by atoms with van der Waals surface area (Å²) in [5.41, 5.74) is 6.96. The van der Waals surface area contributed by atoms with E-state index in [1.165, 1.54) is 23.5 Å². The van der Waals surface area contributed by atoms with Gasteiger partial charge in [-0.1, -0.05) is 29.2 Å². The van der Waals surface area contributed by atoms with E-state index in [2.05, 4.69) is 25.6 Å². The number of anilines is 3. The van der Waals surface area contributed by atoms with Gasteiger partial charge in [0.2, 0.25) is 5.91 Å². The highest BCUT2D eigenvalue weighted by Gasteiger charge is 2.15. The second-order valence-corrected chi connectivity index (χ2v) is 8.91. The third-order valence-corrected chi connectivity index (χ3v) is 6.21. The minimum Gasteiger partial charge on any atom is -0.382 e. The first-order valence-corrected chi connectivity index (χ1v) is 11.4. The number of aryl methyl sites for hydroxylation is 1. The number of rotatable bonds is 6. The van der Waals surface area contributed by atoms with E-state index in [0.29, 0.717) is 5.13 Å². The second-order valence-electron chi connectivity index (χ2n) is 6.92. The Balaban J connectivity index is 1.39. The molecule has 12 heteroatoms. The standard InChI is InChI=1S/C21H17FN6O3S2/c1-10-2-7-13-14(8-10)33-21(24-13)25-15(29)9-32-20-27-17(23)16(19(31)28-20)26-18(30)11-3-5-12(22)6-4-11/h2-8H,9H2,1H3,(H,26,30)(H,24,25,29)(H3,23,27,28,31). The summed E-state index contributed by atoms with van der Waals surface area (Å²) in [5, 5.41) is 5.68. The lowest BCUT2D eigenvalue weighted by atomic mass is 10.2. The molecule has 2 aromatic carbocycles. The Hall–Kier alpha value is -3.77. The van der Waals surface area contributed by atoms with E-state index in [-0.39, 0.29) is 33.9 Å². The van der Waals surface area contributed by atoms with Crippen molar-refractivity contribution in [3.8, 4) is 0 Å². The van der Waals surface area contributed by atoms with E-state index in [1.54, 1.807) is 0 Å². The summed E-state index contributed by atoms with van der Waals surface area (Å²) in [6, 6.07) is 10.6. The molecular weight excluding hydrogens is 467 g/mol. The first-order chi connectivity index (χ1) is 15.8. The van der Waals surface area contributed by atoms with Crippen LogP contribution in [-0.4, -0.2) is 32.5 Å². The third-order valence-electron chi connectivity index (χ3n) is 4.40. The van der Waals surface area contributed by atoms with E-state index in [1.807, 2.05) is 25.1 Å². The number of hydrogen-bond acceptors (Lipinski definition) is 8. The number of aromatic nitrogens is 3. The fraction of sp³-hybridized carbons (Fsp3) is 0.0952. The van der Waals surface area contributed by atoms with Crippen molar-refractivity contribution in [1.29, 1.82) is 0 Å². The lowest BCUT2D eigenvalue weighted by molar-refractivity contribution is -0.113. The molecule has 33 heavy (non-hydrogen) atoms. The van der Waals surface area contributed by atoms with E-state index in [9.17, 15) is 18.8 Å². The summed E-state index contributed by atoms with van der Waals surface area (Å²) >= 11 is 2.34.